The lowest BCUT2D eigenvalue weighted by Crippen LogP contribution is -2.43. The van der Waals surface area contributed by atoms with Gasteiger partial charge in [0.2, 0.25) is 11.7 Å². The van der Waals surface area contributed by atoms with Gasteiger partial charge in [-0.15, -0.1) is 0 Å². The molecule has 4 rings (SSSR count). The van der Waals surface area contributed by atoms with E-state index < -0.39 is 23.0 Å². The van der Waals surface area contributed by atoms with Crippen molar-refractivity contribution in [2.45, 2.75) is 50.7 Å². The standard InChI is InChI=1S/C24H29F4N5O/c1-33(2)22(34)23(11-3-4-12-23)13-29-20-18(25)21(31-14-30-20)32-19(15-5-6-15)16-7-9-17(10-8-16)24(26,27)28/h7-10,14-15,19H,3-6,11-13H2,1-2H3,(H2,29,30,31,32). The highest BCUT2D eigenvalue weighted by Gasteiger charge is 2.42. The number of halogens is 4. The van der Waals surface area contributed by atoms with E-state index in [1.165, 1.54) is 18.5 Å². The number of alkyl halides is 3. The van der Waals surface area contributed by atoms with Crippen LogP contribution in [0.4, 0.5) is 29.2 Å². The van der Waals surface area contributed by atoms with Crippen molar-refractivity contribution < 1.29 is 22.4 Å². The topological polar surface area (TPSA) is 70.2 Å². The average Bonchev–Trinajstić information content (AvgIpc) is 3.53. The number of benzene rings is 1. The molecule has 1 atom stereocenters. The maximum atomic E-state index is 15.3. The van der Waals surface area contributed by atoms with Crippen LogP contribution < -0.4 is 10.6 Å². The van der Waals surface area contributed by atoms with Gasteiger partial charge in [0, 0.05) is 20.6 Å². The lowest BCUT2D eigenvalue weighted by atomic mass is 9.84. The number of nitrogens with one attached hydrogen (secondary N) is 2. The fourth-order valence-electron chi connectivity index (χ4n) is 4.77. The first kappa shape index (κ1) is 24.2. The number of nitrogens with zero attached hydrogens (tertiary/aromatic N) is 3. The summed E-state index contributed by atoms with van der Waals surface area (Å²) in [4.78, 5) is 22.4. The summed E-state index contributed by atoms with van der Waals surface area (Å²) in [6.07, 6.45) is 1.95. The number of anilines is 2. The average molecular weight is 480 g/mol. The van der Waals surface area contributed by atoms with Crippen molar-refractivity contribution >= 4 is 17.5 Å². The van der Waals surface area contributed by atoms with Crippen molar-refractivity contribution in [2.75, 3.05) is 31.3 Å². The summed E-state index contributed by atoms with van der Waals surface area (Å²) in [5.41, 5.74) is -0.672. The molecule has 0 saturated heterocycles. The number of amides is 1. The van der Waals surface area contributed by atoms with Gasteiger partial charge in [-0.2, -0.15) is 17.6 Å². The van der Waals surface area contributed by atoms with Gasteiger partial charge in [-0.3, -0.25) is 4.79 Å². The summed E-state index contributed by atoms with van der Waals surface area (Å²) in [7, 11) is 3.43. The molecule has 10 heteroatoms. The third-order valence-corrected chi connectivity index (χ3v) is 6.79. The van der Waals surface area contributed by atoms with Crippen LogP contribution in [0.25, 0.3) is 0 Å². The second-order valence-electron chi connectivity index (χ2n) is 9.50. The molecule has 1 amide bonds. The van der Waals surface area contributed by atoms with Crippen molar-refractivity contribution in [1.82, 2.24) is 14.9 Å². The lowest BCUT2D eigenvalue weighted by Gasteiger charge is -2.31. The molecule has 1 aromatic heterocycles. The van der Waals surface area contributed by atoms with Gasteiger partial charge >= 0.3 is 6.18 Å². The molecule has 184 valence electrons. The largest absolute Gasteiger partial charge is 0.416 e. The van der Waals surface area contributed by atoms with Gasteiger partial charge < -0.3 is 15.5 Å². The molecular weight excluding hydrogens is 450 g/mol. The highest BCUT2D eigenvalue weighted by atomic mass is 19.4. The van der Waals surface area contributed by atoms with Gasteiger partial charge in [0.15, 0.2) is 11.6 Å². The Morgan fingerprint density at radius 1 is 1.12 bits per heavy atom. The molecule has 1 aromatic carbocycles. The van der Waals surface area contributed by atoms with E-state index in [1.807, 2.05) is 0 Å². The van der Waals surface area contributed by atoms with Crippen LogP contribution in [0.1, 0.15) is 55.7 Å². The van der Waals surface area contributed by atoms with Crippen LogP contribution in [0.2, 0.25) is 0 Å². The Balaban J connectivity index is 1.51. The third kappa shape index (κ3) is 5.10. The molecule has 34 heavy (non-hydrogen) atoms. The van der Waals surface area contributed by atoms with E-state index in [0.717, 1.165) is 50.7 Å². The summed E-state index contributed by atoms with van der Waals surface area (Å²) in [6, 6.07) is 4.56. The quantitative estimate of drug-likeness (QED) is 0.506. The van der Waals surface area contributed by atoms with Crippen LogP contribution in [0.15, 0.2) is 30.6 Å². The summed E-state index contributed by atoms with van der Waals surface area (Å²) in [5, 5.41) is 6.10. The molecular formula is C24H29F4N5O. The number of carbonyl (C=O) groups is 1. The van der Waals surface area contributed by atoms with Gasteiger partial charge in [0.1, 0.15) is 6.33 Å². The van der Waals surface area contributed by atoms with Gasteiger partial charge in [-0.05, 0) is 49.3 Å². The first-order chi connectivity index (χ1) is 16.1. The van der Waals surface area contributed by atoms with Gasteiger partial charge in [0.25, 0.3) is 0 Å². The van der Waals surface area contributed by atoms with E-state index in [4.69, 9.17) is 0 Å². The molecule has 2 aliphatic rings. The SMILES string of the molecule is CN(C)C(=O)C1(CNc2ncnc(NC(c3ccc(C(F)(F)F)cc3)C3CC3)c2F)CCCC1. The van der Waals surface area contributed by atoms with Crippen LogP contribution in [0, 0.1) is 17.2 Å². The number of aromatic nitrogens is 2. The van der Waals surface area contributed by atoms with Crippen molar-refractivity contribution in [3.05, 3.63) is 47.5 Å². The highest BCUT2D eigenvalue weighted by Crippen LogP contribution is 2.44. The third-order valence-electron chi connectivity index (χ3n) is 6.79. The summed E-state index contributed by atoms with van der Waals surface area (Å²) >= 11 is 0. The Morgan fingerprint density at radius 2 is 1.74 bits per heavy atom. The first-order valence-corrected chi connectivity index (χ1v) is 11.5. The Morgan fingerprint density at radius 3 is 2.29 bits per heavy atom. The van der Waals surface area contributed by atoms with Crippen molar-refractivity contribution in [3.63, 3.8) is 0 Å². The minimum Gasteiger partial charge on any atom is -0.366 e. The fraction of sp³-hybridized carbons (Fsp3) is 0.542. The number of hydrogen-bond acceptors (Lipinski definition) is 5. The predicted molar refractivity (Wildman–Crippen MR) is 121 cm³/mol. The molecule has 2 aromatic rings. The normalized spacial score (nSPS) is 18.4. The minimum atomic E-state index is -4.41. The second kappa shape index (κ2) is 9.38. The molecule has 1 heterocycles. The molecule has 0 spiro atoms. The van der Waals surface area contributed by atoms with E-state index in [2.05, 4.69) is 20.6 Å². The zero-order valence-corrected chi connectivity index (χ0v) is 19.3. The monoisotopic (exact) mass is 479 g/mol. The Hall–Kier alpha value is -2.91. The van der Waals surface area contributed by atoms with Gasteiger partial charge in [-0.1, -0.05) is 25.0 Å². The van der Waals surface area contributed by atoms with E-state index in [1.54, 1.807) is 19.0 Å². The van der Waals surface area contributed by atoms with Crippen LogP contribution in [0.5, 0.6) is 0 Å². The number of hydrogen-bond donors (Lipinski definition) is 2. The zero-order valence-electron chi connectivity index (χ0n) is 19.3. The smallest absolute Gasteiger partial charge is 0.366 e. The highest BCUT2D eigenvalue weighted by molar-refractivity contribution is 5.83. The molecule has 2 saturated carbocycles. The molecule has 0 aliphatic heterocycles. The molecule has 0 radical (unpaired) electrons. The van der Waals surface area contributed by atoms with Crippen LogP contribution in [-0.4, -0.2) is 41.4 Å². The van der Waals surface area contributed by atoms with Crippen molar-refractivity contribution in [3.8, 4) is 0 Å². The Kier molecular flexibility index (Phi) is 6.69. The fourth-order valence-corrected chi connectivity index (χ4v) is 4.77. The number of rotatable bonds is 8. The maximum absolute atomic E-state index is 15.3. The summed E-state index contributed by atoms with van der Waals surface area (Å²) in [5.74, 6) is -0.500. The number of carbonyl (C=O) groups excluding carboxylic acids is 1. The lowest BCUT2D eigenvalue weighted by molar-refractivity contribution is -0.138. The molecule has 0 bridgehead atoms. The van der Waals surface area contributed by atoms with E-state index in [-0.39, 0.29) is 36.0 Å². The molecule has 1 unspecified atom stereocenters. The molecule has 2 aliphatic carbocycles. The zero-order chi connectivity index (χ0) is 24.5. The first-order valence-electron chi connectivity index (χ1n) is 11.5. The van der Waals surface area contributed by atoms with E-state index >= 15 is 4.39 Å². The van der Waals surface area contributed by atoms with Gasteiger partial charge in [0.05, 0.1) is 17.0 Å². The van der Waals surface area contributed by atoms with Crippen molar-refractivity contribution in [1.29, 1.82) is 0 Å². The molecule has 6 nitrogen and oxygen atoms in total. The Labute approximate surface area is 196 Å². The second-order valence-corrected chi connectivity index (χ2v) is 9.50. The molecule has 2 N–H and O–H groups in total. The molecule has 2 fully saturated rings. The minimum absolute atomic E-state index is 0.00250. The van der Waals surface area contributed by atoms with E-state index in [0.29, 0.717) is 5.56 Å². The summed E-state index contributed by atoms with van der Waals surface area (Å²) < 4.78 is 54.1. The van der Waals surface area contributed by atoms with Gasteiger partial charge in [-0.25, -0.2) is 9.97 Å². The van der Waals surface area contributed by atoms with Crippen LogP contribution in [-0.2, 0) is 11.0 Å². The van der Waals surface area contributed by atoms with E-state index in [9.17, 15) is 18.0 Å². The van der Waals surface area contributed by atoms with Crippen molar-refractivity contribution in [2.24, 2.45) is 11.3 Å². The predicted octanol–water partition coefficient (Wildman–Crippen LogP) is 5.26. The Bertz CT molecular complexity index is 1020. The maximum Gasteiger partial charge on any atom is 0.416 e. The van der Waals surface area contributed by atoms with Crippen LogP contribution >= 0.6 is 0 Å². The van der Waals surface area contributed by atoms with Crippen LogP contribution in [0.3, 0.4) is 0 Å². The summed E-state index contributed by atoms with van der Waals surface area (Å²) in [6.45, 7) is 0.266.